The van der Waals surface area contributed by atoms with Crippen LogP contribution >= 0.6 is 35.0 Å². The molecule has 4 N–H and O–H groups in total. The molecule has 11 heteroatoms. The predicted molar refractivity (Wildman–Crippen MR) is 116 cm³/mol. The molecule has 1 heterocycles. The van der Waals surface area contributed by atoms with E-state index in [1.54, 1.807) is 42.5 Å². The standard InChI is InChI=1S/C18H16Cl2N6O2S/c1-10(27)22-12-3-5-13(6-4-12)23-16(28)9-29-18-25-24-17(26(18)21)14-7-2-11(19)8-15(14)20/h2-8H,9,21H2,1H3,(H,22,27)(H,23,28). The van der Waals surface area contributed by atoms with Gasteiger partial charge in [0.1, 0.15) is 0 Å². The number of carbonyl (C=O) groups is 2. The summed E-state index contributed by atoms with van der Waals surface area (Å²) >= 11 is 13.2. The molecular formula is C18H16Cl2N6O2S. The van der Waals surface area contributed by atoms with Gasteiger partial charge in [-0.25, -0.2) is 4.68 Å². The summed E-state index contributed by atoms with van der Waals surface area (Å²) < 4.78 is 1.27. The molecule has 0 atom stereocenters. The molecule has 1 aromatic heterocycles. The first kappa shape index (κ1) is 21.0. The Bertz CT molecular complexity index is 1060. The van der Waals surface area contributed by atoms with Crippen LogP contribution in [0.25, 0.3) is 11.4 Å². The van der Waals surface area contributed by atoms with Crippen molar-refractivity contribution in [3.8, 4) is 11.4 Å². The predicted octanol–water partition coefficient (Wildman–Crippen LogP) is 3.65. The number of anilines is 2. The maximum Gasteiger partial charge on any atom is 0.234 e. The van der Waals surface area contributed by atoms with Crippen molar-refractivity contribution in [1.82, 2.24) is 14.9 Å². The van der Waals surface area contributed by atoms with Gasteiger partial charge in [0.25, 0.3) is 0 Å². The molecule has 2 aromatic carbocycles. The Morgan fingerprint density at radius 2 is 1.72 bits per heavy atom. The van der Waals surface area contributed by atoms with Gasteiger partial charge in [-0.1, -0.05) is 35.0 Å². The van der Waals surface area contributed by atoms with Gasteiger partial charge in [-0.3, -0.25) is 9.59 Å². The molecule has 2 amide bonds. The number of halogens is 2. The smallest absolute Gasteiger partial charge is 0.234 e. The van der Waals surface area contributed by atoms with E-state index < -0.39 is 0 Å². The molecular weight excluding hydrogens is 435 g/mol. The fourth-order valence-electron chi connectivity index (χ4n) is 2.40. The van der Waals surface area contributed by atoms with E-state index in [-0.39, 0.29) is 17.6 Å². The Hall–Kier alpha value is -2.75. The van der Waals surface area contributed by atoms with E-state index in [2.05, 4.69) is 20.8 Å². The first-order valence-electron chi connectivity index (χ1n) is 8.29. The number of nitrogens with zero attached hydrogens (tertiary/aromatic N) is 3. The van der Waals surface area contributed by atoms with E-state index in [0.717, 1.165) is 11.8 Å². The largest absolute Gasteiger partial charge is 0.335 e. The summed E-state index contributed by atoms with van der Waals surface area (Å²) in [6, 6.07) is 11.7. The van der Waals surface area contributed by atoms with Crippen LogP contribution in [0.2, 0.25) is 10.0 Å². The molecule has 29 heavy (non-hydrogen) atoms. The molecule has 8 nitrogen and oxygen atoms in total. The highest BCUT2D eigenvalue weighted by Crippen LogP contribution is 2.30. The summed E-state index contributed by atoms with van der Waals surface area (Å²) in [5, 5.41) is 14.7. The number of amides is 2. The maximum atomic E-state index is 12.2. The van der Waals surface area contributed by atoms with Crippen LogP contribution in [-0.4, -0.2) is 32.4 Å². The third-order valence-corrected chi connectivity index (χ3v) is 5.15. The summed E-state index contributed by atoms with van der Waals surface area (Å²) in [7, 11) is 0. The lowest BCUT2D eigenvalue weighted by Gasteiger charge is -2.07. The van der Waals surface area contributed by atoms with E-state index in [9.17, 15) is 9.59 Å². The number of nitrogen functional groups attached to an aromatic ring is 1. The van der Waals surface area contributed by atoms with E-state index in [1.165, 1.54) is 11.6 Å². The van der Waals surface area contributed by atoms with Crippen LogP contribution in [0.3, 0.4) is 0 Å². The topological polar surface area (TPSA) is 115 Å². The highest BCUT2D eigenvalue weighted by atomic mass is 35.5. The molecule has 0 radical (unpaired) electrons. The lowest BCUT2D eigenvalue weighted by Crippen LogP contribution is -2.16. The zero-order valence-corrected chi connectivity index (χ0v) is 17.5. The van der Waals surface area contributed by atoms with E-state index in [4.69, 9.17) is 29.0 Å². The Labute approximate surface area is 180 Å². The van der Waals surface area contributed by atoms with Gasteiger partial charge in [-0.15, -0.1) is 10.2 Å². The lowest BCUT2D eigenvalue weighted by molar-refractivity contribution is -0.114. The minimum atomic E-state index is -0.239. The van der Waals surface area contributed by atoms with Crippen LogP contribution in [0.15, 0.2) is 47.6 Å². The number of thioether (sulfide) groups is 1. The summed E-state index contributed by atoms with van der Waals surface area (Å²) in [5.74, 6) is 6.09. The van der Waals surface area contributed by atoms with Gasteiger partial charge < -0.3 is 16.5 Å². The van der Waals surface area contributed by atoms with Crippen LogP contribution < -0.4 is 16.5 Å². The number of nitrogens with two attached hydrogens (primary N) is 1. The summed E-state index contributed by atoms with van der Waals surface area (Å²) in [6.45, 7) is 1.43. The minimum Gasteiger partial charge on any atom is -0.335 e. The molecule has 0 spiro atoms. The number of carbonyl (C=O) groups excluding carboxylic acids is 2. The van der Waals surface area contributed by atoms with Crippen molar-refractivity contribution < 1.29 is 9.59 Å². The van der Waals surface area contributed by atoms with E-state index in [1.807, 2.05) is 0 Å². The SMILES string of the molecule is CC(=O)Nc1ccc(NC(=O)CSc2nnc(-c3ccc(Cl)cc3Cl)n2N)cc1. The van der Waals surface area contributed by atoms with Gasteiger partial charge in [0.05, 0.1) is 10.8 Å². The number of hydrogen-bond acceptors (Lipinski definition) is 6. The second-order valence-electron chi connectivity index (χ2n) is 5.90. The number of aromatic nitrogens is 3. The van der Waals surface area contributed by atoms with Crippen molar-refractivity contribution in [3.05, 3.63) is 52.5 Å². The Balaban J connectivity index is 1.61. The van der Waals surface area contributed by atoms with Gasteiger partial charge in [0.2, 0.25) is 17.0 Å². The minimum absolute atomic E-state index is 0.0805. The van der Waals surface area contributed by atoms with Crippen LogP contribution in [-0.2, 0) is 9.59 Å². The van der Waals surface area contributed by atoms with Crippen molar-refractivity contribution in [2.24, 2.45) is 0 Å². The molecule has 0 aliphatic carbocycles. The maximum absolute atomic E-state index is 12.2. The number of hydrogen-bond donors (Lipinski definition) is 3. The third kappa shape index (κ3) is 5.41. The molecule has 0 aliphatic heterocycles. The molecule has 0 bridgehead atoms. The molecule has 0 aliphatic rings. The van der Waals surface area contributed by atoms with Crippen molar-refractivity contribution in [2.75, 3.05) is 22.2 Å². The van der Waals surface area contributed by atoms with Crippen LogP contribution in [0.5, 0.6) is 0 Å². The highest BCUT2D eigenvalue weighted by Gasteiger charge is 2.16. The van der Waals surface area contributed by atoms with Gasteiger partial charge in [0, 0.05) is 28.9 Å². The van der Waals surface area contributed by atoms with Gasteiger partial charge >= 0.3 is 0 Å². The van der Waals surface area contributed by atoms with E-state index in [0.29, 0.717) is 38.0 Å². The monoisotopic (exact) mass is 450 g/mol. The zero-order chi connectivity index (χ0) is 21.0. The fraction of sp³-hybridized carbons (Fsp3) is 0.111. The molecule has 0 saturated carbocycles. The number of nitrogens with one attached hydrogen (secondary N) is 2. The Morgan fingerprint density at radius 3 is 2.34 bits per heavy atom. The Kier molecular flexibility index (Phi) is 6.63. The summed E-state index contributed by atoms with van der Waals surface area (Å²) in [6.07, 6.45) is 0. The highest BCUT2D eigenvalue weighted by molar-refractivity contribution is 7.99. The van der Waals surface area contributed by atoms with Crippen molar-refractivity contribution in [3.63, 3.8) is 0 Å². The summed E-state index contributed by atoms with van der Waals surface area (Å²) in [4.78, 5) is 23.2. The van der Waals surface area contributed by atoms with Gasteiger partial charge in [-0.05, 0) is 42.5 Å². The van der Waals surface area contributed by atoms with Crippen LogP contribution in [0.4, 0.5) is 11.4 Å². The number of benzene rings is 2. The average Bonchev–Trinajstić information content (AvgIpc) is 3.02. The Morgan fingerprint density at radius 1 is 1.07 bits per heavy atom. The lowest BCUT2D eigenvalue weighted by atomic mass is 10.2. The van der Waals surface area contributed by atoms with Crippen LogP contribution in [0, 0.1) is 0 Å². The molecule has 0 fully saturated rings. The van der Waals surface area contributed by atoms with E-state index >= 15 is 0 Å². The fourth-order valence-corrected chi connectivity index (χ4v) is 3.55. The van der Waals surface area contributed by atoms with Crippen molar-refractivity contribution in [2.45, 2.75) is 12.1 Å². The second kappa shape index (κ2) is 9.17. The number of rotatable bonds is 6. The van der Waals surface area contributed by atoms with Gasteiger partial charge in [-0.2, -0.15) is 0 Å². The van der Waals surface area contributed by atoms with Gasteiger partial charge in [0.15, 0.2) is 5.82 Å². The zero-order valence-electron chi connectivity index (χ0n) is 15.1. The first-order chi connectivity index (χ1) is 13.8. The van der Waals surface area contributed by atoms with Crippen LogP contribution in [0.1, 0.15) is 6.92 Å². The van der Waals surface area contributed by atoms with Crippen molar-refractivity contribution >= 4 is 58.2 Å². The second-order valence-corrected chi connectivity index (χ2v) is 7.68. The molecule has 0 saturated heterocycles. The average molecular weight is 451 g/mol. The normalized spacial score (nSPS) is 10.6. The third-order valence-electron chi connectivity index (χ3n) is 3.66. The molecule has 3 rings (SSSR count). The molecule has 0 unspecified atom stereocenters. The molecule has 150 valence electrons. The first-order valence-corrected chi connectivity index (χ1v) is 10.0. The van der Waals surface area contributed by atoms with Crippen molar-refractivity contribution in [1.29, 1.82) is 0 Å². The molecule has 3 aromatic rings. The summed E-state index contributed by atoms with van der Waals surface area (Å²) in [5.41, 5.74) is 1.84. The quantitative estimate of drug-likeness (QED) is 0.389.